The number of hydrogen-bond donors (Lipinski definition) is 1. The van der Waals surface area contributed by atoms with Crippen LogP contribution in [0.25, 0.3) is 0 Å². The van der Waals surface area contributed by atoms with Gasteiger partial charge < -0.3 is 5.32 Å². The highest BCUT2D eigenvalue weighted by atomic mass is 14.9. The van der Waals surface area contributed by atoms with Crippen LogP contribution < -0.4 is 5.32 Å². The second kappa shape index (κ2) is 5.88. The van der Waals surface area contributed by atoms with E-state index >= 15 is 0 Å². The van der Waals surface area contributed by atoms with Gasteiger partial charge >= 0.3 is 0 Å². The van der Waals surface area contributed by atoms with E-state index in [0.29, 0.717) is 5.56 Å². The number of benzene rings is 2. The standard InChI is InChI=1S/C16H16N2/c1-2-6-14-8-3-4-10-16(14)18-15-9-5-7-13(11-15)12-17/h3-5,7-11,18H,2,6H2,1H3. The third kappa shape index (κ3) is 2.89. The zero-order valence-electron chi connectivity index (χ0n) is 10.5. The highest BCUT2D eigenvalue weighted by molar-refractivity contribution is 5.64. The average Bonchev–Trinajstić information content (AvgIpc) is 2.41. The molecule has 2 aromatic rings. The van der Waals surface area contributed by atoms with E-state index in [-0.39, 0.29) is 0 Å². The molecule has 1 N–H and O–H groups in total. The summed E-state index contributed by atoms with van der Waals surface area (Å²) in [5.41, 5.74) is 4.06. The van der Waals surface area contributed by atoms with Gasteiger partial charge in [-0.1, -0.05) is 37.6 Å². The number of aryl methyl sites for hydroxylation is 1. The van der Waals surface area contributed by atoms with Crippen LogP contribution in [0.3, 0.4) is 0 Å². The number of nitrogens with zero attached hydrogens (tertiary/aromatic N) is 1. The predicted octanol–water partition coefficient (Wildman–Crippen LogP) is 4.25. The Hall–Kier alpha value is -2.27. The maximum atomic E-state index is 8.89. The van der Waals surface area contributed by atoms with E-state index in [0.717, 1.165) is 24.2 Å². The first-order chi connectivity index (χ1) is 8.83. The highest BCUT2D eigenvalue weighted by Gasteiger charge is 2.01. The molecule has 0 saturated carbocycles. The molecule has 0 saturated heterocycles. The molecule has 0 unspecified atom stereocenters. The van der Waals surface area contributed by atoms with Crippen LogP contribution in [0.1, 0.15) is 24.5 Å². The first-order valence-electron chi connectivity index (χ1n) is 6.18. The number of nitriles is 1. The van der Waals surface area contributed by atoms with Crippen LogP contribution in [0.2, 0.25) is 0 Å². The van der Waals surface area contributed by atoms with Crippen molar-refractivity contribution in [2.24, 2.45) is 0 Å². The molecular formula is C16H16N2. The minimum atomic E-state index is 0.674. The molecule has 2 aromatic carbocycles. The highest BCUT2D eigenvalue weighted by Crippen LogP contribution is 2.22. The predicted molar refractivity (Wildman–Crippen MR) is 74.9 cm³/mol. The Labute approximate surface area is 108 Å². The number of rotatable bonds is 4. The van der Waals surface area contributed by atoms with Gasteiger partial charge in [-0.15, -0.1) is 0 Å². The number of anilines is 2. The molecule has 0 aliphatic heterocycles. The summed E-state index contributed by atoms with van der Waals surface area (Å²) in [5.74, 6) is 0. The van der Waals surface area contributed by atoms with Crippen molar-refractivity contribution in [3.05, 3.63) is 59.7 Å². The van der Waals surface area contributed by atoms with Gasteiger partial charge in [0, 0.05) is 11.4 Å². The van der Waals surface area contributed by atoms with Gasteiger partial charge in [0.2, 0.25) is 0 Å². The Bertz CT molecular complexity index is 567. The summed E-state index contributed by atoms with van der Waals surface area (Å²) in [5, 5.41) is 12.3. The molecule has 0 spiro atoms. The molecule has 0 aliphatic carbocycles. The third-order valence-electron chi connectivity index (χ3n) is 2.81. The van der Waals surface area contributed by atoms with E-state index in [1.807, 2.05) is 30.3 Å². The van der Waals surface area contributed by atoms with Crippen LogP contribution in [0.4, 0.5) is 11.4 Å². The molecule has 2 nitrogen and oxygen atoms in total. The minimum absolute atomic E-state index is 0.674. The van der Waals surface area contributed by atoms with Crippen molar-refractivity contribution in [2.45, 2.75) is 19.8 Å². The topological polar surface area (TPSA) is 35.8 Å². The van der Waals surface area contributed by atoms with Crippen LogP contribution in [-0.2, 0) is 6.42 Å². The van der Waals surface area contributed by atoms with Crippen LogP contribution in [0.15, 0.2) is 48.5 Å². The van der Waals surface area contributed by atoms with Crippen molar-refractivity contribution >= 4 is 11.4 Å². The van der Waals surface area contributed by atoms with Crippen molar-refractivity contribution in [3.8, 4) is 6.07 Å². The van der Waals surface area contributed by atoms with Crippen LogP contribution in [0, 0.1) is 11.3 Å². The van der Waals surface area contributed by atoms with E-state index in [9.17, 15) is 0 Å². The van der Waals surface area contributed by atoms with Gasteiger partial charge in [0.15, 0.2) is 0 Å². The van der Waals surface area contributed by atoms with Gasteiger partial charge in [0.1, 0.15) is 0 Å². The van der Waals surface area contributed by atoms with Gasteiger partial charge in [-0.25, -0.2) is 0 Å². The zero-order chi connectivity index (χ0) is 12.8. The number of nitrogens with one attached hydrogen (secondary N) is 1. The molecule has 90 valence electrons. The lowest BCUT2D eigenvalue weighted by Crippen LogP contribution is -1.96. The van der Waals surface area contributed by atoms with Gasteiger partial charge in [0.05, 0.1) is 11.6 Å². The van der Waals surface area contributed by atoms with Gasteiger partial charge in [0.25, 0.3) is 0 Å². The van der Waals surface area contributed by atoms with E-state index in [2.05, 4.69) is 36.5 Å². The lowest BCUT2D eigenvalue weighted by atomic mass is 10.1. The lowest BCUT2D eigenvalue weighted by Gasteiger charge is -2.11. The largest absolute Gasteiger partial charge is 0.355 e. The SMILES string of the molecule is CCCc1ccccc1Nc1cccc(C#N)c1. The van der Waals surface area contributed by atoms with Gasteiger partial charge in [-0.3, -0.25) is 0 Å². The Balaban J connectivity index is 2.25. The molecule has 2 heteroatoms. The summed E-state index contributed by atoms with van der Waals surface area (Å²) in [7, 11) is 0. The van der Waals surface area contributed by atoms with E-state index in [1.54, 1.807) is 0 Å². The van der Waals surface area contributed by atoms with Gasteiger partial charge in [-0.05, 0) is 36.2 Å². The fourth-order valence-electron chi connectivity index (χ4n) is 1.95. The molecule has 18 heavy (non-hydrogen) atoms. The summed E-state index contributed by atoms with van der Waals surface area (Å²) in [4.78, 5) is 0. The number of para-hydroxylation sites is 1. The first-order valence-corrected chi connectivity index (χ1v) is 6.18. The first kappa shape index (κ1) is 12.2. The molecule has 0 aromatic heterocycles. The number of hydrogen-bond acceptors (Lipinski definition) is 2. The molecule has 0 bridgehead atoms. The van der Waals surface area contributed by atoms with Crippen molar-refractivity contribution in [2.75, 3.05) is 5.32 Å². The molecule has 0 fully saturated rings. The fraction of sp³-hybridized carbons (Fsp3) is 0.188. The summed E-state index contributed by atoms with van der Waals surface area (Å²) in [6, 6.07) is 18.0. The quantitative estimate of drug-likeness (QED) is 0.861. The smallest absolute Gasteiger partial charge is 0.0992 e. The molecular weight excluding hydrogens is 220 g/mol. The molecule has 0 radical (unpaired) electrons. The minimum Gasteiger partial charge on any atom is -0.355 e. The molecule has 0 aliphatic rings. The van der Waals surface area contributed by atoms with E-state index in [4.69, 9.17) is 5.26 Å². The third-order valence-corrected chi connectivity index (χ3v) is 2.81. The molecule has 0 heterocycles. The van der Waals surface area contributed by atoms with Crippen LogP contribution in [-0.4, -0.2) is 0 Å². The van der Waals surface area contributed by atoms with E-state index < -0.39 is 0 Å². The summed E-state index contributed by atoms with van der Waals surface area (Å²) in [6.07, 6.45) is 2.18. The van der Waals surface area contributed by atoms with Gasteiger partial charge in [-0.2, -0.15) is 5.26 Å². The molecule has 0 atom stereocenters. The monoisotopic (exact) mass is 236 g/mol. The maximum absolute atomic E-state index is 8.89. The fourth-order valence-corrected chi connectivity index (χ4v) is 1.95. The molecule has 0 amide bonds. The van der Waals surface area contributed by atoms with Crippen LogP contribution in [0.5, 0.6) is 0 Å². The van der Waals surface area contributed by atoms with E-state index in [1.165, 1.54) is 5.56 Å². The second-order valence-electron chi connectivity index (χ2n) is 4.22. The lowest BCUT2D eigenvalue weighted by molar-refractivity contribution is 0.923. The van der Waals surface area contributed by atoms with Crippen molar-refractivity contribution in [3.63, 3.8) is 0 Å². The summed E-state index contributed by atoms with van der Waals surface area (Å²) < 4.78 is 0. The summed E-state index contributed by atoms with van der Waals surface area (Å²) in [6.45, 7) is 2.17. The average molecular weight is 236 g/mol. The van der Waals surface area contributed by atoms with Crippen molar-refractivity contribution in [1.82, 2.24) is 0 Å². The molecule has 2 rings (SSSR count). The normalized spacial score (nSPS) is 9.78. The van der Waals surface area contributed by atoms with Crippen LogP contribution >= 0.6 is 0 Å². The maximum Gasteiger partial charge on any atom is 0.0992 e. The Morgan fingerprint density at radius 3 is 2.72 bits per heavy atom. The Kier molecular flexibility index (Phi) is 3.98. The second-order valence-corrected chi connectivity index (χ2v) is 4.22. The van der Waals surface area contributed by atoms with Crippen molar-refractivity contribution < 1.29 is 0 Å². The zero-order valence-corrected chi connectivity index (χ0v) is 10.5. The van der Waals surface area contributed by atoms with Crippen molar-refractivity contribution in [1.29, 1.82) is 5.26 Å². The summed E-state index contributed by atoms with van der Waals surface area (Å²) >= 11 is 0. The Morgan fingerprint density at radius 2 is 1.94 bits per heavy atom. The Morgan fingerprint density at radius 1 is 1.11 bits per heavy atom.